The first-order chi connectivity index (χ1) is 33.7. The molecule has 0 radical (unpaired) electrons. The molecule has 0 saturated carbocycles. The minimum atomic E-state index is -0.439. The molecule has 2 aromatic heterocycles. The second kappa shape index (κ2) is 14.3. The number of nitrogens with zero attached hydrogens (tertiary/aromatic N) is 2. The topological polar surface area (TPSA) is 8.17 Å². The van der Waals surface area contributed by atoms with Gasteiger partial charge in [0.25, 0.3) is 0 Å². The summed E-state index contributed by atoms with van der Waals surface area (Å²) in [6, 6.07) is 90.6. The molecule has 316 valence electrons. The van der Waals surface area contributed by atoms with Gasteiger partial charge in [0.15, 0.2) is 0 Å². The number of hydrogen-bond acceptors (Lipinski definition) is 2. The lowest BCUT2D eigenvalue weighted by molar-refractivity contribution is 0.793. The monoisotopic (exact) mass is 880 g/mol. The molecular formula is C65H40N2S. The summed E-state index contributed by atoms with van der Waals surface area (Å²) in [5.74, 6) is 0. The van der Waals surface area contributed by atoms with Crippen molar-refractivity contribution in [1.29, 1.82) is 0 Å². The maximum absolute atomic E-state index is 2.50. The van der Waals surface area contributed by atoms with E-state index < -0.39 is 5.41 Å². The molecule has 0 atom stereocenters. The molecule has 0 aliphatic heterocycles. The first-order valence-corrected chi connectivity index (χ1v) is 24.3. The van der Waals surface area contributed by atoms with Gasteiger partial charge in [-0.2, -0.15) is 0 Å². The van der Waals surface area contributed by atoms with Crippen LogP contribution in [0.5, 0.6) is 0 Å². The van der Waals surface area contributed by atoms with Crippen molar-refractivity contribution in [3.8, 4) is 39.1 Å². The number of anilines is 3. The molecule has 2 aliphatic carbocycles. The fraction of sp³-hybridized carbons (Fsp3) is 0.0154. The number of hydrogen-bond donors (Lipinski definition) is 0. The highest BCUT2D eigenvalue weighted by molar-refractivity contribution is 7.25. The molecule has 0 saturated heterocycles. The first kappa shape index (κ1) is 37.7. The summed E-state index contributed by atoms with van der Waals surface area (Å²) in [5.41, 5.74) is 19.5. The molecule has 2 heterocycles. The number of rotatable bonds is 5. The van der Waals surface area contributed by atoms with Crippen LogP contribution in [0.2, 0.25) is 0 Å². The first-order valence-electron chi connectivity index (χ1n) is 23.5. The van der Waals surface area contributed by atoms with Crippen molar-refractivity contribution in [3.05, 3.63) is 265 Å². The second-order valence-corrected chi connectivity index (χ2v) is 19.4. The van der Waals surface area contributed by atoms with E-state index in [1.54, 1.807) is 0 Å². The number of aromatic nitrogens is 1. The van der Waals surface area contributed by atoms with Crippen molar-refractivity contribution in [2.24, 2.45) is 0 Å². The van der Waals surface area contributed by atoms with Gasteiger partial charge in [0.2, 0.25) is 0 Å². The third-order valence-electron chi connectivity index (χ3n) is 15.0. The highest BCUT2D eigenvalue weighted by atomic mass is 32.1. The van der Waals surface area contributed by atoms with Gasteiger partial charge >= 0.3 is 0 Å². The lowest BCUT2D eigenvalue weighted by Crippen LogP contribution is -2.26. The minimum Gasteiger partial charge on any atom is -0.310 e. The maximum Gasteiger partial charge on any atom is 0.0726 e. The SMILES string of the molecule is c1ccc(-n2c3cc(-c4ccc(N(c5ccc6c(c5)C5(c7ccccc7-c7ccccc75)c5ccccc5-6)c5ccc6sc7ccccc7c6c5)cc4)ccc3c3ccc4ccccc4c32)cc1. The number of fused-ring (bicyclic) bond motifs is 18. The quantitative estimate of drug-likeness (QED) is 0.167. The Morgan fingerprint density at radius 3 is 1.65 bits per heavy atom. The zero-order valence-corrected chi connectivity index (χ0v) is 37.7. The zero-order valence-electron chi connectivity index (χ0n) is 36.9. The van der Waals surface area contributed by atoms with E-state index in [2.05, 4.69) is 252 Å². The number of thiophene rings is 1. The highest BCUT2D eigenvalue weighted by Gasteiger charge is 2.51. The van der Waals surface area contributed by atoms with Crippen molar-refractivity contribution in [2.45, 2.75) is 5.41 Å². The summed E-state index contributed by atoms with van der Waals surface area (Å²) < 4.78 is 5.06. The van der Waals surface area contributed by atoms with Gasteiger partial charge in [-0.15, -0.1) is 11.3 Å². The summed E-state index contributed by atoms with van der Waals surface area (Å²) >= 11 is 1.86. The average molecular weight is 881 g/mol. The molecule has 3 heteroatoms. The van der Waals surface area contributed by atoms with Crippen LogP contribution >= 0.6 is 11.3 Å². The molecule has 2 aliphatic rings. The third kappa shape index (κ3) is 5.17. The molecule has 13 aromatic rings. The van der Waals surface area contributed by atoms with Crippen LogP contribution in [-0.4, -0.2) is 4.57 Å². The van der Waals surface area contributed by atoms with E-state index in [4.69, 9.17) is 0 Å². The smallest absolute Gasteiger partial charge is 0.0726 e. The standard InChI is InChI=1S/C65H40N2S/c1-2-15-44(16-3-1)67-61-38-43(29-34-53(61)55-35-28-42-14-4-5-17-48(42)64(55)67)41-26-30-45(31-27-41)66(46-33-37-63-56(39-46)54-21-9-13-25-62(54)68-63)47-32-36-52-51-20-8-12-24-59(51)65(60(52)40-47)57-22-10-6-18-49(57)50-19-7-11-23-58(50)65/h1-40H. The van der Waals surface area contributed by atoms with E-state index in [0.29, 0.717) is 0 Å². The van der Waals surface area contributed by atoms with Crippen LogP contribution in [-0.2, 0) is 5.41 Å². The Hall–Kier alpha value is -8.50. The highest BCUT2D eigenvalue weighted by Crippen LogP contribution is 2.63. The molecule has 0 fully saturated rings. The van der Waals surface area contributed by atoms with Crippen molar-refractivity contribution in [2.75, 3.05) is 4.90 Å². The van der Waals surface area contributed by atoms with Crippen LogP contribution in [0.3, 0.4) is 0 Å². The summed E-state index contributed by atoms with van der Waals surface area (Å²) in [6.45, 7) is 0. The summed E-state index contributed by atoms with van der Waals surface area (Å²) in [4.78, 5) is 2.47. The van der Waals surface area contributed by atoms with Gasteiger partial charge in [-0.05, 0) is 128 Å². The van der Waals surface area contributed by atoms with Gasteiger partial charge in [-0.25, -0.2) is 0 Å². The molecule has 15 rings (SSSR count). The van der Waals surface area contributed by atoms with Crippen LogP contribution in [0.15, 0.2) is 243 Å². The molecule has 0 unspecified atom stereocenters. The second-order valence-electron chi connectivity index (χ2n) is 18.4. The van der Waals surface area contributed by atoms with Crippen molar-refractivity contribution >= 4 is 81.1 Å². The Labute approximate surface area is 397 Å². The Bertz CT molecular complexity index is 4150. The number of para-hydroxylation sites is 1. The summed E-state index contributed by atoms with van der Waals surface area (Å²) in [6.07, 6.45) is 0. The van der Waals surface area contributed by atoms with Crippen LogP contribution < -0.4 is 4.90 Å². The Morgan fingerprint density at radius 1 is 0.338 bits per heavy atom. The van der Waals surface area contributed by atoms with Crippen LogP contribution in [0.1, 0.15) is 22.3 Å². The van der Waals surface area contributed by atoms with Gasteiger partial charge < -0.3 is 9.47 Å². The molecule has 68 heavy (non-hydrogen) atoms. The Morgan fingerprint density at radius 2 is 0.897 bits per heavy atom. The molecule has 11 aromatic carbocycles. The lowest BCUT2D eigenvalue weighted by Gasteiger charge is -2.32. The van der Waals surface area contributed by atoms with Gasteiger partial charge in [0, 0.05) is 59.1 Å². The maximum atomic E-state index is 2.50. The van der Waals surface area contributed by atoms with E-state index in [1.165, 1.54) is 108 Å². The van der Waals surface area contributed by atoms with Crippen LogP contribution in [0.4, 0.5) is 17.1 Å². The minimum absolute atomic E-state index is 0.439. The van der Waals surface area contributed by atoms with E-state index >= 15 is 0 Å². The van der Waals surface area contributed by atoms with Crippen LogP contribution in [0.25, 0.3) is 91.8 Å². The summed E-state index contributed by atoms with van der Waals surface area (Å²) in [5, 5.41) is 7.59. The fourth-order valence-electron chi connectivity index (χ4n) is 12.1. The Kier molecular flexibility index (Phi) is 7.90. The molecule has 0 amide bonds. The van der Waals surface area contributed by atoms with Gasteiger partial charge in [0.05, 0.1) is 16.4 Å². The van der Waals surface area contributed by atoms with Crippen molar-refractivity contribution in [1.82, 2.24) is 4.57 Å². The molecule has 0 bridgehead atoms. The van der Waals surface area contributed by atoms with E-state index in [0.717, 1.165) is 22.7 Å². The van der Waals surface area contributed by atoms with Crippen molar-refractivity contribution in [3.63, 3.8) is 0 Å². The van der Waals surface area contributed by atoms with E-state index in [1.807, 2.05) is 11.3 Å². The third-order valence-corrected chi connectivity index (χ3v) is 16.1. The average Bonchev–Trinajstić information content (AvgIpc) is 4.13. The fourth-order valence-corrected chi connectivity index (χ4v) is 13.2. The van der Waals surface area contributed by atoms with Gasteiger partial charge in [-0.1, -0.05) is 176 Å². The Balaban J connectivity index is 0.924. The van der Waals surface area contributed by atoms with Gasteiger partial charge in [-0.3, -0.25) is 0 Å². The summed E-state index contributed by atoms with van der Waals surface area (Å²) in [7, 11) is 0. The largest absolute Gasteiger partial charge is 0.310 e. The van der Waals surface area contributed by atoms with Gasteiger partial charge in [0.1, 0.15) is 0 Å². The molecule has 0 N–H and O–H groups in total. The predicted octanol–water partition coefficient (Wildman–Crippen LogP) is 17.8. The molecular weight excluding hydrogens is 841 g/mol. The normalized spacial score (nSPS) is 13.1. The molecule has 1 spiro atoms. The lowest BCUT2D eigenvalue weighted by atomic mass is 9.70. The predicted molar refractivity (Wildman–Crippen MR) is 288 cm³/mol. The van der Waals surface area contributed by atoms with E-state index in [9.17, 15) is 0 Å². The number of benzene rings is 11. The molecule has 2 nitrogen and oxygen atoms in total. The van der Waals surface area contributed by atoms with Crippen molar-refractivity contribution < 1.29 is 0 Å². The zero-order chi connectivity index (χ0) is 44.5. The van der Waals surface area contributed by atoms with E-state index in [-0.39, 0.29) is 0 Å². The van der Waals surface area contributed by atoms with Crippen LogP contribution in [0, 0.1) is 0 Å².